The molecule has 0 saturated carbocycles. The standard InChI is InChI=1S/C10H15NO2/c1-3-12-7-13-10-6-4-5-9(11)8(10)2/h4-6H,3,7,11H2,1-2H3. The van der Waals surface area contributed by atoms with Crippen molar-refractivity contribution in [3.63, 3.8) is 0 Å². The van der Waals surface area contributed by atoms with E-state index in [0.29, 0.717) is 6.61 Å². The molecule has 0 atom stereocenters. The Balaban J connectivity index is 2.61. The van der Waals surface area contributed by atoms with Crippen molar-refractivity contribution in [3.8, 4) is 5.75 Å². The highest BCUT2D eigenvalue weighted by Gasteiger charge is 2.00. The smallest absolute Gasteiger partial charge is 0.189 e. The molecule has 3 nitrogen and oxygen atoms in total. The maximum absolute atomic E-state index is 5.70. The predicted octanol–water partition coefficient (Wildman–Crippen LogP) is 1.95. The molecule has 72 valence electrons. The van der Waals surface area contributed by atoms with Crippen molar-refractivity contribution < 1.29 is 9.47 Å². The van der Waals surface area contributed by atoms with Gasteiger partial charge >= 0.3 is 0 Å². The highest BCUT2D eigenvalue weighted by atomic mass is 16.7. The molecule has 1 aromatic rings. The summed E-state index contributed by atoms with van der Waals surface area (Å²) in [6.45, 7) is 4.79. The van der Waals surface area contributed by atoms with Crippen LogP contribution in [0, 0.1) is 6.92 Å². The molecule has 0 unspecified atom stereocenters. The average Bonchev–Trinajstić information content (AvgIpc) is 2.13. The number of rotatable bonds is 4. The van der Waals surface area contributed by atoms with Crippen LogP contribution in [0.15, 0.2) is 18.2 Å². The number of nitrogen functional groups attached to an aromatic ring is 1. The maximum Gasteiger partial charge on any atom is 0.189 e. The van der Waals surface area contributed by atoms with Crippen molar-refractivity contribution >= 4 is 5.69 Å². The monoisotopic (exact) mass is 181 g/mol. The lowest BCUT2D eigenvalue weighted by molar-refractivity contribution is 0.0220. The van der Waals surface area contributed by atoms with Crippen molar-refractivity contribution in [2.45, 2.75) is 13.8 Å². The minimum absolute atomic E-state index is 0.279. The molecule has 0 aliphatic rings. The lowest BCUT2D eigenvalue weighted by atomic mass is 10.2. The fourth-order valence-corrected chi connectivity index (χ4v) is 0.976. The summed E-state index contributed by atoms with van der Waals surface area (Å²) in [5.41, 5.74) is 7.41. The molecule has 0 aliphatic carbocycles. The summed E-state index contributed by atoms with van der Waals surface area (Å²) < 4.78 is 10.4. The lowest BCUT2D eigenvalue weighted by Crippen LogP contribution is -2.04. The van der Waals surface area contributed by atoms with E-state index in [0.717, 1.165) is 17.0 Å². The number of nitrogens with two attached hydrogens (primary N) is 1. The molecule has 1 aromatic carbocycles. The summed E-state index contributed by atoms with van der Waals surface area (Å²) in [6, 6.07) is 5.59. The second-order valence-corrected chi connectivity index (χ2v) is 2.73. The first-order valence-electron chi connectivity index (χ1n) is 4.31. The number of ether oxygens (including phenoxy) is 2. The molecule has 0 aromatic heterocycles. The van der Waals surface area contributed by atoms with E-state index in [1.165, 1.54) is 0 Å². The van der Waals surface area contributed by atoms with E-state index in [4.69, 9.17) is 15.2 Å². The number of anilines is 1. The van der Waals surface area contributed by atoms with Gasteiger partial charge in [-0.1, -0.05) is 6.07 Å². The molecule has 13 heavy (non-hydrogen) atoms. The normalized spacial score (nSPS) is 10.0. The van der Waals surface area contributed by atoms with Crippen LogP contribution in [0.5, 0.6) is 5.75 Å². The molecular weight excluding hydrogens is 166 g/mol. The van der Waals surface area contributed by atoms with Gasteiger partial charge in [-0.2, -0.15) is 0 Å². The van der Waals surface area contributed by atoms with Crippen LogP contribution < -0.4 is 10.5 Å². The summed E-state index contributed by atoms with van der Waals surface area (Å²) in [7, 11) is 0. The van der Waals surface area contributed by atoms with E-state index in [-0.39, 0.29) is 6.79 Å². The predicted molar refractivity (Wildman–Crippen MR) is 52.7 cm³/mol. The van der Waals surface area contributed by atoms with Crippen LogP contribution in [-0.2, 0) is 4.74 Å². The maximum atomic E-state index is 5.70. The molecular formula is C10H15NO2. The van der Waals surface area contributed by atoms with E-state index in [9.17, 15) is 0 Å². The van der Waals surface area contributed by atoms with Gasteiger partial charge in [0.15, 0.2) is 6.79 Å². The molecule has 0 spiro atoms. The van der Waals surface area contributed by atoms with Crippen molar-refractivity contribution in [1.29, 1.82) is 0 Å². The van der Waals surface area contributed by atoms with Gasteiger partial charge in [-0.3, -0.25) is 0 Å². The number of hydrogen-bond donors (Lipinski definition) is 1. The van der Waals surface area contributed by atoms with E-state index in [1.807, 2.05) is 32.0 Å². The molecule has 0 saturated heterocycles. The van der Waals surface area contributed by atoms with Crippen LogP contribution in [0.4, 0.5) is 5.69 Å². The second kappa shape index (κ2) is 4.72. The highest BCUT2D eigenvalue weighted by Crippen LogP contribution is 2.22. The topological polar surface area (TPSA) is 44.5 Å². The third-order valence-electron chi connectivity index (χ3n) is 1.83. The zero-order valence-corrected chi connectivity index (χ0v) is 8.04. The number of hydrogen-bond acceptors (Lipinski definition) is 3. The summed E-state index contributed by atoms with van der Waals surface area (Å²) in [5, 5.41) is 0. The van der Waals surface area contributed by atoms with E-state index < -0.39 is 0 Å². The second-order valence-electron chi connectivity index (χ2n) is 2.73. The van der Waals surface area contributed by atoms with E-state index >= 15 is 0 Å². The highest BCUT2D eigenvalue weighted by molar-refractivity contribution is 5.53. The fraction of sp³-hybridized carbons (Fsp3) is 0.400. The zero-order chi connectivity index (χ0) is 9.68. The summed E-state index contributed by atoms with van der Waals surface area (Å²) in [4.78, 5) is 0. The average molecular weight is 181 g/mol. The first-order chi connectivity index (χ1) is 6.25. The summed E-state index contributed by atoms with van der Waals surface area (Å²) in [6.07, 6.45) is 0. The van der Waals surface area contributed by atoms with Gasteiger partial charge < -0.3 is 15.2 Å². The zero-order valence-electron chi connectivity index (χ0n) is 8.04. The van der Waals surface area contributed by atoms with Crippen LogP contribution in [0.1, 0.15) is 12.5 Å². The summed E-state index contributed by atoms with van der Waals surface area (Å²) in [5.74, 6) is 0.786. The first kappa shape index (κ1) is 9.86. The molecule has 0 fully saturated rings. The van der Waals surface area contributed by atoms with Crippen molar-refractivity contribution in [3.05, 3.63) is 23.8 Å². The Morgan fingerprint density at radius 2 is 2.15 bits per heavy atom. The van der Waals surface area contributed by atoms with Crippen LogP contribution >= 0.6 is 0 Å². The van der Waals surface area contributed by atoms with Gasteiger partial charge in [0.05, 0.1) is 0 Å². The fourth-order valence-electron chi connectivity index (χ4n) is 0.976. The van der Waals surface area contributed by atoms with Gasteiger partial charge in [0.1, 0.15) is 5.75 Å². The van der Waals surface area contributed by atoms with Crippen LogP contribution in [0.2, 0.25) is 0 Å². The van der Waals surface area contributed by atoms with Crippen molar-refractivity contribution in [2.24, 2.45) is 0 Å². The Labute approximate surface area is 78.5 Å². The third kappa shape index (κ3) is 2.63. The SMILES string of the molecule is CCOCOc1cccc(N)c1C. The molecule has 0 radical (unpaired) electrons. The Morgan fingerprint density at radius 3 is 2.85 bits per heavy atom. The Bertz CT molecular complexity index is 274. The van der Waals surface area contributed by atoms with Gasteiger partial charge in [0.2, 0.25) is 0 Å². The quantitative estimate of drug-likeness (QED) is 0.438. The molecule has 0 aliphatic heterocycles. The van der Waals surface area contributed by atoms with Gasteiger partial charge in [-0.05, 0) is 26.0 Å². The Morgan fingerprint density at radius 1 is 1.38 bits per heavy atom. The van der Waals surface area contributed by atoms with Gasteiger partial charge in [0.25, 0.3) is 0 Å². The molecule has 0 amide bonds. The summed E-state index contributed by atoms with van der Waals surface area (Å²) >= 11 is 0. The number of benzene rings is 1. The van der Waals surface area contributed by atoms with Crippen molar-refractivity contribution in [2.75, 3.05) is 19.1 Å². The molecule has 0 bridgehead atoms. The molecule has 0 heterocycles. The van der Waals surface area contributed by atoms with Crippen molar-refractivity contribution in [1.82, 2.24) is 0 Å². The van der Waals surface area contributed by atoms with E-state index in [1.54, 1.807) is 0 Å². The van der Waals surface area contributed by atoms with Crippen LogP contribution in [0.3, 0.4) is 0 Å². The molecule has 1 rings (SSSR count). The van der Waals surface area contributed by atoms with Gasteiger partial charge in [-0.25, -0.2) is 0 Å². The Kier molecular flexibility index (Phi) is 3.58. The molecule has 2 N–H and O–H groups in total. The first-order valence-corrected chi connectivity index (χ1v) is 4.31. The van der Waals surface area contributed by atoms with Crippen LogP contribution in [-0.4, -0.2) is 13.4 Å². The van der Waals surface area contributed by atoms with Gasteiger partial charge in [-0.15, -0.1) is 0 Å². The largest absolute Gasteiger partial charge is 0.467 e. The molecule has 3 heteroatoms. The third-order valence-corrected chi connectivity index (χ3v) is 1.83. The minimum Gasteiger partial charge on any atom is -0.467 e. The Hall–Kier alpha value is -1.22. The lowest BCUT2D eigenvalue weighted by Gasteiger charge is -2.09. The van der Waals surface area contributed by atoms with Crippen LogP contribution in [0.25, 0.3) is 0 Å². The minimum atomic E-state index is 0.279. The van der Waals surface area contributed by atoms with Gasteiger partial charge in [0, 0.05) is 17.9 Å². The van der Waals surface area contributed by atoms with E-state index in [2.05, 4.69) is 0 Å².